The van der Waals surface area contributed by atoms with Crippen LogP contribution in [0, 0.1) is 5.92 Å². The molecule has 3 atom stereocenters. The number of thioether (sulfide) groups is 1. The normalized spacial score (nSPS) is 24.1. The van der Waals surface area contributed by atoms with Crippen molar-refractivity contribution in [3.63, 3.8) is 0 Å². The summed E-state index contributed by atoms with van der Waals surface area (Å²) in [5, 5.41) is 6.62. The Kier molecular flexibility index (Phi) is 6.88. The average molecular weight is 457 g/mol. The van der Waals surface area contributed by atoms with Crippen LogP contribution in [0.1, 0.15) is 30.4 Å². The molecule has 1 saturated carbocycles. The molecular formula is C24H25ClN2O3S. The summed E-state index contributed by atoms with van der Waals surface area (Å²) in [5.41, 5.74) is 1.81. The summed E-state index contributed by atoms with van der Waals surface area (Å²) in [6.07, 6.45) is 5.60. The Balaban J connectivity index is 1.33. The smallest absolute Gasteiger partial charge is 0.286 e. The van der Waals surface area contributed by atoms with Gasteiger partial charge in [0.15, 0.2) is 5.76 Å². The molecule has 7 heteroatoms. The fraction of sp³-hybridized carbons (Fsp3) is 0.333. The second kappa shape index (κ2) is 9.79. The summed E-state index contributed by atoms with van der Waals surface area (Å²) in [4.78, 5) is 26.5. The largest absolute Gasteiger partial charge is 0.483 e. The average Bonchev–Trinajstić information content (AvgIpc) is 2.79. The number of halogens is 1. The SMILES string of the molecule is CSc1ccc(CNC(=O)C2CCC3O/C(=C\c4ccccc4Cl)C(=O)NC3C2)cc1. The lowest BCUT2D eigenvalue weighted by molar-refractivity contribution is -0.134. The van der Waals surface area contributed by atoms with Crippen molar-refractivity contribution < 1.29 is 14.3 Å². The van der Waals surface area contributed by atoms with Crippen molar-refractivity contribution in [3.05, 3.63) is 70.4 Å². The fourth-order valence-electron chi connectivity index (χ4n) is 4.04. The third-order valence-electron chi connectivity index (χ3n) is 5.79. The van der Waals surface area contributed by atoms with E-state index in [0.717, 1.165) is 17.5 Å². The van der Waals surface area contributed by atoms with Gasteiger partial charge in [0.1, 0.15) is 6.10 Å². The first-order valence-electron chi connectivity index (χ1n) is 10.4. The van der Waals surface area contributed by atoms with Gasteiger partial charge >= 0.3 is 0 Å². The van der Waals surface area contributed by atoms with Crippen molar-refractivity contribution in [2.24, 2.45) is 5.92 Å². The van der Waals surface area contributed by atoms with Crippen LogP contribution in [0.15, 0.2) is 59.2 Å². The number of amides is 2. The van der Waals surface area contributed by atoms with E-state index in [-0.39, 0.29) is 35.6 Å². The highest BCUT2D eigenvalue weighted by Crippen LogP contribution is 2.32. The highest BCUT2D eigenvalue weighted by molar-refractivity contribution is 7.98. The van der Waals surface area contributed by atoms with E-state index in [2.05, 4.69) is 22.8 Å². The van der Waals surface area contributed by atoms with E-state index in [9.17, 15) is 9.59 Å². The Bertz CT molecular complexity index is 993. The number of morpholine rings is 1. The zero-order valence-corrected chi connectivity index (χ0v) is 18.8. The second-order valence-electron chi connectivity index (χ2n) is 7.84. The molecule has 2 aromatic rings. The second-order valence-corrected chi connectivity index (χ2v) is 9.13. The van der Waals surface area contributed by atoms with E-state index >= 15 is 0 Å². The van der Waals surface area contributed by atoms with Crippen molar-refractivity contribution >= 4 is 41.3 Å². The highest BCUT2D eigenvalue weighted by Gasteiger charge is 2.40. The Labute approximate surface area is 191 Å². The van der Waals surface area contributed by atoms with Gasteiger partial charge in [0.05, 0.1) is 6.04 Å². The van der Waals surface area contributed by atoms with Crippen LogP contribution in [0.3, 0.4) is 0 Å². The van der Waals surface area contributed by atoms with Crippen LogP contribution in [0.2, 0.25) is 5.02 Å². The molecule has 2 aromatic carbocycles. The third kappa shape index (κ3) is 5.25. The minimum atomic E-state index is -0.267. The molecule has 0 spiro atoms. The van der Waals surface area contributed by atoms with E-state index in [0.29, 0.717) is 24.4 Å². The molecule has 5 nitrogen and oxygen atoms in total. The fourth-order valence-corrected chi connectivity index (χ4v) is 4.64. The lowest BCUT2D eigenvalue weighted by Crippen LogP contribution is -2.54. The van der Waals surface area contributed by atoms with Gasteiger partial charge in [-0.25, -0.2) is 0 Å². The van der Waals surface area contributed by atoms with Gasteiger partial charge in [-0.2, -0.15) is 0 Å². The molecule has 31 heavy (non-hydrogen) atoms. The van der Waals surface area contributed by atoms with Crippen molar-refractivity contribution in [2.45, 2.75) is 42.8 Å². The molecule has 2 aliphatic rings. The quantitative estimate of drug-likeness (QED) is 0.516. The summed E-state index contributed by atoms with van der Waals surface area (Å²) < 4.78 is 6.00. The number of nitrogens with one attached hydrogen (secondary N) is 2. The Hall–Kier alpha value is -2.44. The summed E-state index contributed by atoms with van der Waals surface area (Å²) in [6, 6.07) is 15.3. The van der Waals surface area contributed by atoms with Gasteiger partial charge in [0.2, 0.25) is 5.91 Å². The number of rotatable bonds is 5. The molecule has 3 unspecified atom stereocenters. The van der Waals surface area contributed by atoms with E-state index in [1.54, 1.807) is 23.9 Å². The van der Waals surface area contributed by atoms with Crippen molar-refractivity contribution in [2.75, 3.05) is 6.26 Å². The van der Waals surface area contributed by atoms with Gasteiger partial charge in [-0.3, -0.25) is 9.59 Å². The molecule has 162 valence electrons. The molecular weight excluding hydrogens is 432 g/mol. The van der Waals surface area contributed by atoms with Crippen LogP contribution in [-0.2, 0) is 20.9 Å². The summed E-state index contributed by atoms with van der Waals surface area (Å²) in [6.45, 7) is 0.506. The molecule has 1 heterocycles. The van der Waals surface area contributed by atoms with Gasteiger partial charge in [0.25, 0.3) is 5.91 Å². The number of fused-ring (bicyclic) bond motifs is 1. The predicted molar refractivity (Wildman–Crippen MR) is 124 cm³/mol. The Morgan fingerprint density at radius 1 is 1.23 bits per heavy atom. The monoisotopic (exact) mass is 456 g/mol. The van der Waals surface area contributed by atoms with E-state index < -0.39 is 0 Å². The maximum atomic E-state index is 12.7. The first-order chi connectivity index (χ1) is 15.0. The standard InChI is InChI=1S/C24H25ClN2O3S/c1-31-18-9-6-15(7-10-18)14-26-23(28)17-8-11-21-20(12-17)27-24(29)22(30-21)13-16-4-2-3-5-19(16)25/h2-7,9-10,13,17,20-21H,8,11-12,14H2,1H3,(H,26,28)(H,27,29)/b22-13-. The minimum absolute atomic E-state index is 0.0269. The Morgan fingerprint density at radius 3 is 2.74 bits per heavy atom. The van der Waals surface area contributed by atoms with Crippen molar-refractivity contribution in [3.8, 4) is 0 Å². The summed E-state index contributed by atoms with van der Waals surface area (Å²) >= 11 is 7.89. The van der Waals surface area contributed by atoms with Crippen LogP contribution in [-0.4, -0.2) is 30.2 Å². The minimum Gasteiger partial charge on any atom is -0.483 e. The van der Waals surface area contributed by atoms with E-state index in [4.69, 9.17) is 16.3 Å². The number of carbonyl (C=O) groups excluding carboxylic acids is 2. The summed E-state index contributed by atoms with van der Waals surface area (Å²) in [7, 11) is 0. The lowest BCUT2D eigenvalue weighted by atomic mass is 9.82. The van der Waals surface area contributed by atoms with Crippen LogP contribution in [0.4, 0.5) is 0 Å². The maximum absolute atomic E-state index is 12.7. The van der Waals surface area contributed by atoms with Crippen molar-refractivity contribution in [1.29, 1.82) is 0 Å². The first kappa shape index (κ1) is 21.8. The molecule has 4 rings (SSSR count). The van der Waals surface area contributed by atoms with Crippen molar-refractivity contribution in [1.82, 2.24) is 10.6 Å². The molecule has 0 radical (unpaired) electrons. The number of hydrogen-bond donors (Lipinski definition) is 2. The maximum Gasteiger partial charge on any atom is 0.286 e. The van der Waals surface area contributed by atoms with E-state index in [1.807, 2.05) is 36.6 Å². The third-order valence-corrected chi connectivity index (χ3v) is 6.88. The van der Waals surface area contributed by atoms with Crippen LogP contribution >= 0.6 is 23.4 Å². The van der Waals surface area contributed by atoms with Gasteiger partial charge in [-0.1, -0.05) is 41.9 Å². The highest BCUT2D eigenvalue weighted by atomic mass is 35.5. The molecule has 2 amide bonds. The Morgan fingerprint density at radius 2 is 2.00 bits per heavy atom. The number of hydrogen-bond acceptors (Lipinski definition) is 4. The van der Waals surface area contributed by atoms with E-state index in [1.165, 1.54) is 4.90 Å². The molecule has 0 bridgehead atoms. The topological polar surface area (TPSA) is 67.4 Å². The van der Waals surface area contributed by atoms with Crippen LogP contribution < -0.4 is 10.6 Å². The predicted octanol–water partition coefficient (Wildman–Crippen LogP) is 4.40. The van der Waals surface area contributed by atoms with Crippen LogP contribution in [0.5, 0.6) is 0 Å². The van der Waals surface area contributed by atoms with Crippen LogP contribution in [0.25, 0.3) is 6.08 Å². The van der Waals surface area contributed by atoms with Gasteiger partial charge in [-0.15, -0.1) is 11.8 Å². The zero-order chi connectivity index (χ0) is 21.8. The summed E-state index contributed by atoms with van der Waals surface area (Å²) in [5.74, 6) is -0.106. The molecule has 1 aliphatic heterocycles. The van der Waals surface area contributed by atoms with Gasteiger partial charge < -0.3 is 15.4 Å². The number of carbonyl (C=O) groups is 2. The number of ether oxygens (including phenoxy) is 1. The molecule has 0 aromatic heterocycles. The molecule has 1 saturated heterocycles. The first-order valence-corrected chi connectivity index (χ1v) is 12.0. The van der Waals surface area contributed by atoms with Gasteiger partial charge in [-0.05, 0) is 60.9 Å². The molecule has 2 fully saturated rings. The van der Waals surface area contributed by atoms with Gasteiger partial charge in [0, 0.05) is 22.4 Å². The number of benzene rings is 2. The lowest BCUT2D eigenvalue weighted by Gasteiger charge is -2.39. The molecule has 1 aliphatic carbocycles. The zero-order valence-electron chi connectivity index (χ0n) is 17.3. The molecule has 2 N–H and O–H groups in total.